The average molecular weight is 278 g/mol. The van der Waals surface area contributed by atoms with Crippen molar-refractivity contribution < 1.29 is 8.78 Å². The number of likely N-dealkylation sites (N-methyl/N-ethyl adjacent to an activating group) is 1. The molecule has 1 aromatic heterocycles. The summed E-state index contributed by atoms with van der Waals surface area (Å²) in [5.74, 6) is -1.77. The molecule has 0 spiro atoms. The number of aryl methyl sites for hydroxylation is 1. The van der Waals surface area contributed by atoms with Crippen LogP contribution in [0.25, 0.3) is 0 Å². The van der Waals surface area contributed by atoms with Crippen molar-refractivity contribution in [1.82, 2.24) is 9.88 Å². The number of hydrogen-bond donors (Lipinski definition) is 1. The summed E-state index contributed by atoms with van der Waals surface area (Å²) < 4.78 is 28.7. The Morgan fingerprint density at radius 3 is 2.55 bits per heavy atom. The summed E-state index contributed by atoms with van der Waals surface area (Å²) in [7, 11) is 1.65. The van der Waals surface area contributed by atoms with Crippen LogP contribution in [0.4, 0.5) is 8.78 Å². The first-order valence-electron chi connectivity index (χ1n) is 6.32. The Bertz CT molecular complexity index is 667. The molecule has 1 atom stereocenters. The normalized spacial score (nSPS) is 12.4. The van der Waals surface area contributed by atoms with Gasteiger partial charge >= 0.3 is 0 Å². The predicted molar refractivity (Wildman–Crippen MR) is 73.6 cm³/mol. The number of nitrogens with one attached hydrogen (secondary N) is 1. The van der Waals surface area contributed by atoms with E-state index in [0.29, 0.717) is 0 Å². The second-order valence-electron chi connectivity index (χ2n) is 4.60. The molecule has 0 saturated carbocycles. The Balaban J connectivity index is 2.39. The van der Waals surface area contributed by atoms with Crippen LogP contribution in [0, 0.1) is 18.6 Å². The zero-order valence-corrected chi connectivity index (χ0v) is 11.4. The molecule has 1 heterocycles. The zero-order chi connectivity index (χ0) is 14.7. The van der Waals surface area contributed by atoms with Gasteiger partial charge in [-0.15, -0.1) is 0 Å². The summed E-state index contributed by atoms with van der Waals surface area (Å²) in [6.07, 6.45) is 0. The van der Waals surface area contributed by atoms with E-state index >= 15 is 0 Å². The van der Waals surface area contributed by atoms with Crippen LogP contribution in [0.3, 0.4) is 0 Å². The third-order valence-electron chi connectivity index (χ3n) is 3.34. The van der Waals surface area contributed by atoms with Gasteiger partial charge in [0.05, 0.1) is 6.04 Å². The lowest BCUT2D eigenvalue weighted by Crippen LogP contribution is -2.30. The highest BCUT2D eigenvalue weighted by atomic mass is 19.2. The maximum Gasteiger partial charge on any atom is 0.250 e. The van der Waals surface area contributed by atoms with E-state index in [1.165, 1.54) is 22.8 Å². The first-order valence-corrected chi connectivity index (χ1v) is 6.32. The van der Waals surface area contributed by atoms with Gasteiger partial charge in [-0.25, -0.2) is 8.78 Å². The number of aromatic nitrogens is 1. The first-order chi connectivity index (χ1) is 9.54. The van der Waals surface area contributed by atoms with E-state index in [2.05, 4.69) is 5.32 Å². The number of benzene rings is 1. The lowest BCUT2D eigenvalue weighted by molar-refractivity contribution is 0.439. The van der Waals surface area contributed by atoms with Gasteiger partial charge in [0.25, 0.3) is 5.56 Å². The van der Waals surface area contributed by atoms with Crippen LogP contribution in [0.5, 0.6) is 0 Å². The molecule has 5 heteroatoms. The fourth-order valence-electron chi connectivity index (χ4n) is 2.17. The van der Waals surface area contributed by atoms with E-state index in [1.54, 1.807) is 26.1 Å². The molecule has 0 aliphatic carbocycles. The maximum absolute atomic E-state index is 13.8. The van der Waals surface area contributed by atoms with Gasteiger partial charge in [-0.05, 0) is 26.1 Å². The molecule has 0 bridgehead atoms. The summed E-state index contributed by atoms with van der Waals surface area (Å²) in [6.45, 7) is 2.04. The fraction of sp³-hybridized carbons (Fsp3) is 0.267. The molecule has 1 unspecified atom stereocenters. The Labute approximate surface area is 115 Å². The van der Waals surface area contributed by atoms with Gasteiger partial charge in [0.15, 0.2) is 11.6 Å². The van der Waals surface area contributed by atoms with Crippen molar-refractivity contribution in [2.24, 2.45) is 0 Å². The Morgan fingerprint density at radius 1 is 1.20 bits per heavy atom. The van der Waals surface area contributed by atoms with Gasteiger partial charge in [-0.2, -0.15) is 0 Å². The molecule has 0 fully saturated rings. The molecular weight excluding hydrogens is 262 g/mol. The smallest absolute Gasteiger partial charge is 0.250 e. The van der Waals surface area contributed by atoms with Crippen LogP contribution < -0.4 is 10.9 Å². The fourth-order valence-corrected chi connectivity index (χ4v) is 2.17. The first kappa shape index (κ1) is 14.4. The summed E-state index contributed by atoms with van der Waals surface area (Å²) in [4.78, 5) is 11.8. The highest BCUT2D eigenvalue weighted by Crippen LogP contribution is 2.20. The van der Waals surface area contributed by atoms with E-state index in [0.717, 1.165) is 11.8 Å². The van der Waals surface area contributed by atoms with Crippen LogP contribution in [0.1, 0.15) is 17.3 Å². The predicted octanol–water partition coefficient (Wildman–Crippen LogP) is 2.40. The molecule has 3 nitrogen and oxygen atoms in total. The summed E-state index contributed by atoms with van der Waals surface area (Å²) in [5.41, 5.74) is 0.819. The minimum atomic E-state index is -0.889. The van der Waals surface area contributed by atoms with Crippen molar-refractivity contribution in [3.8, 4) is 0 Å². The number of pyridine rings is 1. The van der Waals surface area contributed by atoms with Crippen molar-refractivity contribution in [1.29, 1.82) is 0 Å². The molecule has 106 valence electrons. The lowest BCUT2D eigenvalue weighted by Gasteiger charge is -2.20. The molecule has 1 aromatic carbocycles. The van der Waals surface area contributed by atoms with Gasteiger partial charge in [-0.1, -0.05) is 18.2 Å². The van der Waals surface area contributed by atoms with Crippen LogP contribution >= 0.6 is 0 Å². The molecule has 0 aliphatic rings. The molecule has 1 N–H and O–H groups in total. The van der Waals surface area contributed by atoms with Crippen LogP contribution in [0.2, 0.25) is 0 Å². The van der Waals surface area contributed by atoms with Crippen molar-refractivity contribution in [3.05, 3.63) is 69.6 Å². The van der Waals surface area contributed by atoms with Crippen LogP contribution in [-0.4, -0.2) is 11.6 Å². The zero-order valence-electron chi connectivity index (χ0n) is 11.4. The van der Waals surface area contributed by atoms with Crippen molar-refractivity contribution in [3.63, 3.8) is 0 Å². The van der Waals surface area contributed by atoms with Crippen molar-refractivity contribution in [2.45, 2.75) is 19.5 Å². The lowest BCUT2D eigenvalue weighted by atomic mass is 10.1. The molecule has 0 radical (unpaired) electrons. The monoisotopic (exact) mass is 278 g/mol. The molecule has 2 rings (SSSR count). The van der Waals surface area contributed by atoms with E-state index in [9.17, 15) is 13.6 Å². The third kappa shape index (κ3) is 2.77. The van der Waals surface area contributed by atoms with Crippen molar-refractivity contribution >= 4 is 0 Å². The Kier molecular flexibility index (Phi) is 4.29. The van der Waals surface area contributed by atoms with Gasteiger partial charge in [-0.3, -0.25) is 4.79 Å². The third-order valence-corrected chi connectivity index (χ3v) is 3.34. The second kappa shape index (κ2) is 5.96. The van der Waals surface area contributed by atoms with Crippen molar-refractivity contribution in [2.75, 3.05) is 7.05 Å². The number of rotatable bonds is 4. The molecule has 2 aromatic rings. The van der Waals surface area contributed by atoms with Gasteiger partial charge < -0.3 is 9.88 Å². The molecule has 0 saturated heterocycles. The van der Waals surface area contributed by atoms with E-state index in [-0.39, 0.29) is 17.7 Å². The topological polar surface area (TPSA) is 34.0 Å². The van der Waals surface area contributed by atoms with E-state index in [1.807, 2.05) is 0 Å². The van der Waals surface area contributed by atoms with Crippen LogP contribution in [0.15, 0.2) is 41.2 Å². The highest BCUT2D eigenvalue weighted by molar-refractivity contribution is 5.22. The minimum absolute atomic E-state index is 0.165. The molecule has 20 heavy (non-hydrogen) atoms. The van der Waals surface area contributed by atoms with Gasteiger partial charge in [0, 0.05) is 23.9 Å². The maximum atomic E-state index is 13.8. The minimum Gasteiger partial charge on any atom is -0.311 e. The van der Waals surface area contributed by atoms with E-state index in [4.69, 9.17) is 0 Å². The standard InChI is InChI=1S/C15H16F2N2O/c1-10-5-3-8-14(20)19(10)9-13(18-2)11-6-4-7-12(16)15(11)17/h3-8,13,18H,9H2,1-2H3. The summed E-state index contributed by atoms with van der Waals surface area (Å²) in [6, 6.07) is 8.49. The molecule has 0 aliphatic heterocycles. The summed E-state index contributed by atoms with van der Waals surface area (Å²) >= 11 is 0. The average Bonchev–Trinajstić information content (AvgIpc) is 2.42. The highest BCUT2D eigenvalue weighted by Gasteiger charge is 2.18. The summed E-state index contributed by atoms with van der Waals surface area (Å²) in [5, 5.41) is 2.92. The number of halogens is 2. The second-order valence-corrected chi connectivity index (χ2v) is 4.60. The quantitative estimate of drug-likeness (QED) is 0.931. The number of hydrogen-bond acceptors (Lipinski definition) is 2. The SMILES string of the molecule is CNC(Cn1c(C)cccc1=O)c1cccc(F)c1F. The van der Waals surface area contributed by atoms with Gasteiger partial charge in [0.1, 0.15) is 0 Å². The Hall–Kier alpha value is -2.01. The molecular formula is C15H16F2N2O. The molecule has 0 amide bonds. The van der Waals surface area contributed by atoms with E-state index < -0.39 is 17.7 Å². The number of nitrogens with zero attached hydrogens (tertiary/aromatic N) is 1. The van der Waals surface area contributed by atoms with Crippen LogP contribution in [-0.2, 0) is 6.54 Å². The van der Waals surface area contributed by atoms with Gasteiger partial charge in [0.2, 0.25) is 0 Å². The largest absolute Gasteiger partial charge is 0.311 e. The Morgan fingerprint density at radius 2 is 1.90 bits per heavy atom.